The molecule has 1 heterocycles. The summed E-state index contributed by atoms with van der Waals surface area (Å²) >= 11 is 0. The second-order valence-electron chi connectivity index (χ2n) is 8.05. The monoisotopic (exact) mass is 510 g/mol. The van der Waals surface area contributed by atoms with Gasteiger partial charge in [-0.15, -0.1) is 13.2 Å². The molecule has 36 heavy (non-hydrogen) atoms. The van der Waals surface area contributed by atoms with Crippen LogP contribution in [0.15, 0.2) is 78.9 Å². The zero-order valence-electron chi connectivity index (χ0n) is 20.0. The first-order valence-electron chi connectivity index (χ1n) is 11.7. The molecule has 3 nitrogen and oxygen atoms in total. The molecule has 0 aliphatic carbocycles. The van der Waals surface area contributed by atoms with Crippen LogP contribution in [0.2, 0.25) is 0 Å². The summed E-state index contributed by atoms with van der Waals surface area (Å²) in [6, 6.07) is 21.8. The SMILES string of the molecule is CC.FC(F)(F)CCN1c2ccccc2N(Cc2cccc(OC(F)(F)F)c2)CC1c1ccccc1. The quantitative estimate of drug-likeness (QED) is 0.312. The second-order valence-corrected chi connectivity index (χ2v) is 8.05. The van der Waals surface area contributed by atoms with Gasteiger partial charge in [0.2, 0.25) is 0 Å². The molecule has 0 fully saturated rings. The number of anilines is 2. The molecule has 1 aliphatic rings. The van der Waals surface area contributed by atoms with Gasteiger partial charge in [-0.25, -0.2) is 0 Å². The largest absolute Gasteiger partial charge is 0.573 e. The van der Waals surface area contributed by atoms with Crippen molar-refractivity contribution in [1.29, 1.82) is 0 Å². The molecule has 3 aromatic rings. The van der Waals surface area contributed by atoms with Crippen LogP contribution < -0.4 is 14.5 Å². The van der Waals surface area contributed by atoms with E-state index in [2.05, 4.69) is 4.74 Å². The molecule has 0 bridgehead atoms. The third-order valence-corrected chi connectivity index (χ3v) is 5.63. The van der Waals surface area contributed by atoms with Crippen molar-refractivity contribution in [3.63, 3.8) is 0 Å². The summed E-state index contributed by atoms with van der Waals surface area (Å²) in [6.45, 7) is 4.43. The van der Waals surface area contributed by atoms with Gasteiger partial charge in [0, 0.05) is 19.6 Å². The van der Waals surface area contributed by atoms with Gasteiger partial charge in [-0.1, -0.05) is 68.4 Å². The molecule has 3 aromatic carbocycles. The number of hydrogen-bond donors (Lipinski definition) is 0. The molecule has 0 saturated carbocycles. The highest BCUT2D eigenvalue weighted by Gasteiger charge is 2.35. The standard InChI is InChI=1S/C25H22F6N2O.C2H6/c26-24(27,28)13-14-33-22-12-5-4-11-21(22)32(17-23(33)19-8-2-1-3-9-19)16-18-7-6-10-20(15-18)34-25(29,30)31;1-2/h1-12,15,23H,13-14,16-17H2;1-2H3. The predicted octanol–water partition coefficient (Wildman–Crippen LogP) is 8.13. The average molecular weight is 511 g/mol. The molecule has 0 saturated heterocycles. The van der Waals surface area contributed by atoms with Crippen LogP contribution >= 0.6 is 0 Å². The molecule has 0 amide bonds. The van der Waals surface area contributed by atoms with E-state index in [-0.39, 0.29) is 24.9 Å². The predicted molar refractivity (Wildman–Crippen MR) is 129 cm³/mol. The lowest BCUT2D eigenvalue weighted by molar-refractivity contribution is -0.274. The average Bonchev–Trinajstić information content (AvgIpc) is 2.83. The summed E-state index contributed by atoms with van der Waals surface area (Å²) in [5.41, 5.74) is 2.82. The van der Waals surface area contributed by atoms with Gasteiger partial charge < -0.3 is 14.5 Å². The lowest BCUT2D eigenvalue weighted by atomic mass is 9.98. The normalized spacial score (nSPS) is 15.6. The summed E-state index contributed by atoms with van der Waals surface area (Å²) < 4.78 is 81.3. The number of benzene rings is 3. The molecular formula is C27H28F6N2O. The number of nitrogens with zero attached hydrogens (tertiary/aromatic N) is 2. The highest BCUT2D eigenvalue weighted by molar-refractivity contribution is 5.74. The molecule has 0 N–H and O–H groups in total. The Bertz CT molecular complexity index is 1100. The summed E-state index contributed by atoms with van der Waals surface area (Å²) in [7, 11) is 0. The van der Waals surface area contributed by atoms with Crippen molar-refractivity contribution in [2.45, 2.75) is 45.4 Å². The van der Waals surface area contributed by atoms with E-state index in [9.17, 15) is 26.3 Å². The van der Waals surface area contributed by atoms with Gasteiger partial charge in [0.05, 0.1) is 23.8 Å². The minimum absolute atomic E-state index is 0.206. The summed E-state index contributed by atoms with van der Waals surface area (Å²) in [4.78, 5) is 3.74. The Morgan fingerprint density at radius 3 is 2.08 bits per heavy atom. The third kappa shape index (κ3) is 7.32. The van der Waals surface area contributed by atoms with Crippen LogP contribution in [-0.4, -0.2) is 25.6 Å². The smallest absolute Gasteiger partial charge is 0.406 e. The van der Waals surface area contributed by atoms with Crippen LogP contribution in [0.4, 0.5) is 37.7 Å². The zero-order chi connectivity index (χ0) is 26.3. The highest BCUT2D eigenvalue weighted by atomic mass is 19.4. The first-order chi connectivity index (χ1) is 17.1. The first-order valence-corrected chi connectivity index (χ1v) is 11.7. The molecule has 0 radical (unpaired) electrons. The van der Waals surface area contributed by atoms with Crippen molar-refractivity contribution in [2.75, 3.05) is 22.9 Å². The summed E-state index contributed by atoms with van der Waals surface area (Å²) in [5.74, 6) is -0.318. The molecule has 194 valence electrons. The maximum atomic E-state index is 13.1. The van der Waals surface area contributed by atoms with Crippen LogP contribution in [0.5, 0.6) is 5.75 Å². The van der Waals surface area contributed by atoms with Gasteiger partial charge in [0.1, 0.15) is 5.75 Å². The van der Waals surface area contributed by atoms with Crippen molar-refractivity contribution >= 4 is 11.4 Å². The highest BCUT2D eigenvalue weighted by Crippen LogP contribution is 2.42. The van der Waals surface area contributed by atoms with E-state index < -0.39 is 19.0 Å². The second kappa shape index (κ2) is 11.6. The van der Waals surface area contributed by atoms with E-state index >= 15 is 0 Å². The number of alkyl halides is 6. The van der Waals surface area contributed by atoms with Gasteiger partial charge in [-0.2, -0.15) is 13.2 Å². The Kier molecular flexibility index (Phi) is 8.76. The molecule has 0 spiro atoms. The van der Waals surface area contributed by atoms with E-state index in [0.717, 1.165) is 11.3 Å². The zero-order valence-corrected chi connectivity index (χ0v) is 20.0. The number of ether oxygens (including phenoxy) is 1. The van der Waals surface area contributed by atoms with Crippen LogP contribution in [0.25, 0.3) is 0 Å². The number of halogens is 6. The fourth-order valence-electron chi connectivity index (χ4n) is 4.24. The van der Waals surface area contributed by atoms with E-state index in [1.54, 1.807) is 29.2 Å². The van der Waals surface area contributed by atoms with Gasteiger partial charge in [-0.05, 0) is 35.4 Å². The summed E-state index contributed by atoms with van der Waals surface area (Å²) in [6.07, 6.45) is -10.1. The molecule has 1 unspecified atom stereocenters. The van der Waals surface area contributed by atoms with Crippen molar-refractivity contribution < 1.29 is 31.1 Å². The van der Waals surface area contributed by atoms with Gasteiger partial charge in [0.15, 0.2) is 0 Å². The first kappa shape index (κ1) is 27.2. The maximum Gasteiger partial charge on any atom is 0.573 e. The van der Waals surface area contributed by atoms with E-state index in [0.29, 0.717) is 17.8 Å². The van der Waals surface area contributed by atoms with E-state index in [4.69, 9.17) is 0 Å². The number of para-hydroxylation sites is 2. The van der Waals surface area contributed by atoms with Gasteiger partial charge in [-0.3, -0.25) is 0 Å². The van der Waals surface area contributed by atoms with Gasteiger partial charge in [0.25, 0.3) is 0 Å². The lowest BCUT2D eigenvalue weighted by Gasteiger charge is -2.45. The summed E-state index contributed by atoms with van der Waals surface area (Å²) in [5, 5.41) is 0. The minimum atomic E-state index is -4.80. The van der Waals surface area contributed by atoms with Gasteiger partial charge >= 0.3 is 12.5 Å². The molecule has 0 aromatic heterocycles. The number of rotatable bonds is 6. The van der Waals surface area contributed by atoms with Crippen LogP contribution in [0, 0.1) is 0 Å². The Balaban J connectivity index is 0.00000176. The van der Waals surface area contributed by atoms with Crippen LogP contribution in [0.3, 0.4) is 0 Å². The third-order valence-electron chi connectivity index (χ3n) is 5.63. The minimum Gasteiger partial charge on any atom is -0.406 e. The Hall–Kier alpha value is -3.36. The Morgan fingerprint density at radius 2 is 1.44 bits per heavy atom. The Labute approximate surface area is 206 Å². The fraction of sp³-hybridized carbons (Fsp3) is 0.333. The molecule has 4 rings (SSSR count). The van der Waals surface area contributed by atoms with E-state index in [1.807, 2.05) is 55.1 Å². The lowest BCUT2D eigenvalue weighted by Crippen LogP contribution is -2.44. The van der Waals surface area contributed by atoms with E-state index in [1.165, 1.54) is 18.2 Å². The number of hydrogen-bond acceptors (Lipinski definition) is 3. The van der Waals surface area contributed by atoms with Crippen molar-refractivity contribution in [1.82, 2.24) is 0 Å². The van der Waals surface area contributed by atoms with Crippen LogP contribution in [0.1, 0.15) is 37.4 Å². The molecule has 1 aliphatic heterocycles. The number of fused-ring (bicyclic) bond motifs is 1. The van der Waals surface area contributed by atoms with Crippen molar-refractivity contribution in [3.8, 4) is 5.75 Å². The molecule has 9 heteroatoms. The fourth-order valence-corrected chi connectivity index (χ4v) is 4.24. The molecule has 1 atom stereocenters. The Morgan fingerprint density at radius 1 is 0.806 bits per heavy atom. The maximum absolute atomic E-state index is 13.1. The molecular weight excluding hydrogens is 482 g/mol. The van der Waals surface area contributed by atoms with Crippen LogP contribution in [-0.2, 0) is 6.54 Å². The van der Waals surface area contributed by atoms with Crippen molar-refractivity contribution in [2.24, 2.45) is 0 Å². The topological polar surface area (TPSA) is 15.7 Å². The van der Waals surface area contributed by atoms with Crippen molar-refractivity contribution in [3.05, 3.63) is 90.0 Å².